The Labute approximate surface area is 121 Å². The summed E-state index contributed by atoms with van der Waals surface area (Å²) in [4.78, 5) is 6.37. The van der Waals surface area contributed by atoms with Crippen molar-refractivity contribution in [3.8, 4) is 0 Å². The van der Waals surface area contributed by atoms with E-state index in [1.165, 1.54) is 4.31 Å². The summed E-state index contributed by atoms with van der Waals surface area (Å²) in [6.45, 7) is 2.55. The highest BCUT2D eigenvalue weighted by molar-refractivity contribution is 7.87. The molecule has 1 N–H and O–H groups in total. The Kier molecular flexibility index (Phi) is 5.09. The van der Waals surface area contributed by atoms with Gasteiger partial charge in [0.05, 0.1) is 0 Å². The topological polar surface area (TPSA) is 65.5 Å². The van der Waals surface area contributed by atoms with Crippen LogP contribution in [0.5, 0.6) is 0 Å². The second-order valence-corrected chi connectivity index (χ2v) is 7.26. The number of rotatable bonds is 5. The minimum absolute atomic E-state index is 0.0205. The molecule has 112 valence electrons. The van der Waals surface area contributed by atoms with Crippen LogP contribution in [-0.4, -0.2) is 55.8 Å². The summed E-state index contributed by atoms with van der Waals surface area (Å²) in [7, 11) is -0.269. The van der Waals surface area contributed by atoms with Crippen molar-refractivity contribution < 1.29 is 8.42 Å². The minimum Gasteiger partial charge on any atom is -0.297 e. The third-order valence-corrected chi connectivity index (χ3v) is 5.02. The van der Waals surface area contributed by atoms with Crippen LogP contribution in [0.4, 0.5) is 0 Å². The number of likely N-dealkylation sites (tertiary alicyclic amines) is 1. The van der Waals surface area contributed by atoms with Crippen molar-refractivity contribution in [2.75, 3.05) is 27.2 Å². The van der Waals surface area contributed by atoms with Gasteiger partial charge in [0.1, 0.15) is 0 Å². The van der Waals surface area contributed by atoms with Gasteiger partial charge < -0.3 is 0 Å². The molecule has 2 heterocycles. The summed E-state index contributed by atoms with van der Waals surface area (Å²) in [5, 5.41) is 0. The van der Waals surface area contributed by atoms with Gasteiger partial charge in [-0.2, -0.15) is 17.4 Å². The monoisotopic (exact) mass is 298 g/mol. The molecule has 6 nitrogen and oxygen atoms in total. The molecule has 0 spiro atoms. The predicted octanol–water partition coefficient (Wildman–Crippen LogP) is 0.442. The summed E-state index contributed by atoms with van der Waals surface area (Å²) in [5.74, 6) is 0. The SMILES string of the molecule is CN(C)S(=O)(=O)NC1CCCN(Cc2cccnc2)C1. The Morgan fingerprint density at radius 2 is 2.30 bits per heavy atom. The van der Waals surface area contributed by atoms with Gasteiger partial charge in [-0.05, 0) is 31.0 Å². The van der Waals surface area contributed by atoms with Crippen LogP contribution in [-0.2, 0) is 16.8 Å². The molecule has 0 aromatic carbocycles. The van der Waals surface area contributed by atoms with Gasteiger partial charge in [-0.1, -0.05) is 6.07 Å². The van der Waals surface area contributed by atoms with Gasteiger partial charge in [-0.3, -0.25) is 9.88 Å². The molecule has 0 amide bonds. The molecule has 0 saturated carbocycles. The second-order valence-electron chi connectivity index (χ2n) is 5.34. The van der Waals surface area contributed by atoms with Crippen molar-refractivity contribution in [3.63, 3.8) is 0 Å². The largest absolute Gasteiger partial charge is 0.297 e. The van der Waals surface area contributed by atoms with Crippen molar-refractivity contribution in [1.82, 2.24) is 18.9 Å². The Morgan fingerprint density at radius 3 is 2.95 bits per heavy atom. The lowest BCUT2D eigenvalue weighted by Gasteiger charge is -2.33. The number of hydrogen-bond donors (Lipinski definition) is 1. The van der Waals surface area contributed by atoms with Gasteiger partial charge in [0, 0.05) is 45.6 Å². The quantitative estimate of drug-likeness (QED) is 0.857. The van der Waals surface area contributed by atoms with Gasteiger partial charge >= 0.3 is 0 Å². The number of nitrogens with zero attached hydrogens (tertiary/aromatic N) is 3. The standard InChI is InChI=1S/C13H22N4O2S/c1-16(2)20(18,19)15-13-6-4-8-17(11-13)10-12-5-3-7-14-9-12/h3,5,7,9,13,15H,4,6,8,10-11H2,1-2H3. The first-order chi connectivity index (χ1) is 9.47. The van der Waals surface area contributed by atoms with Gasteiger partial charge in [-0.25, -0.2) is 0 Å². The van der Waals surface area contributed by atoms with Crippen LogP contribution in [0.3, 0.4) is 0 Å². The fraction of sp³-hybridized carbons (Fsp3) is 0.615. The van der Waals surface area contributed by atoms with Gasteiger partial charge in [0.25, 0.3) is 10.2 Å². The Balaban J connectivity index is 1.92. The molecule has 1 fully saturated rings. The smallest absolute Gasteiger partial charge is 0.279 e. The van der Waals surface area contributed by atoms with Crippen LogP contribution in [0.25, 0.3) is 0 Å². The molecule has 1 saturated heterocycles. The maximum Gasteiger partial charge on any atom is 0.279 e. The van der Waals surface area contributed by atoms with E-state index in [1.54, 1.807) is 20.3 Å². The van der Waals surface area contributed by atoms with Crippen molar-refractivity contribution in [3.05, 3.63) is 30.1 Å². The number of pyridine rings is 1. The fourth-order valence-corrected chi connectivity index (χ4v) is 3.19. The third-order valence-electron chi connectivity index (χ3n) is 3.43. The van der Waals surface area contributed by atoms with Gasteiger partial charge in [0.2, 0.25) is 0 Å². The zero-order valence-electron chi connectivity index (χ0n) is 12.0. The first-order valence-corrected chi connectivity index (χ1v) is 8.22. The van der Waals surface area contributed by atoms with E-state index in [2.05, 4.69) is 14.6 Å². The van der Waals surface area contributed by atoms with E-state index in [1.807, 2.05) is 18.3 Å². The molecule has 1 aliphatic rings. The molecule has 0 radical (unpaired) electrons. The molecular weight excluding hydrogens is 276 g/mol. The molecule has 0 bridgehead atoms. The number of piperidine rings is 1. The fourth-order valence-electron chi connectivity index (χ4n) is 2.36. The van der Waals surface area contributed by atoms with E-state index in [-0.39, 0.29) is 6.04 Å². The first kappa shape index (κ1) is 15.4. The Bertz CT molecular complexity index is 518. The van der Waals surface area contributed by atoms with Crippen LogP contribution < -0.4 is 4.72 Å². The number of hydrogen-bond acceptors (Lipinski definition) is 4. The normalized spacial score (nSPS) is 21.2. The number of nitrogens with one attached hydrogen (secondary N) is 1. The predicted molar refractivity (Wildman–Crippen MR) is 78.3 cm³/mol. The average molecular weight is 298 g/mol. The van der Waals surface area contributed by atoms with E-state index in [0.717, 1.165) is 38.0 Å². The Morgan fingerprint density at radius 1 is 1.50 bits per heavy atom. The molecule has 1 aromatic heterocycles. The number of aromatic nitrogens is 1. The van der Waals surface area contributed by atoms with E-state index in [9.17, 15) is 8.42 Å². The first-order valence-electron chi connectivity index (χ1n) is 6.78. The molecule has 20 heavy (non-hydrogen) atoms. The van der Waals surface area contributed by atoms with E-state index >= 15 is 0 Å². The third kappa shape index (κ3) is 4.24. The van der Waals surface area contributed by atoms with Crippen LogP contribution >= 0.6 is 0 Å². The molecule has 1 aromatic rings. The van der Waals surface area contributed by atoms with Crippen LogP contribution in [0.1, 0.15) is 18.4 Å². The molecule has 2 rings (SSSR count). The average Bonchev–Trinajstić information content (AvgIpc) is 2.39. The molecule has 0 aliphatic carbocycles. The maximum absolute atomic E-state index is 11.8. The molecular formula is C13H22N4O2S. The van der Waals surface area contributed by atoms with Gasteiger partial charge in [-0.15, -0.1) is 0 Å². The zero-order chi connectivity index (χ0) is 14.6. The highest BCUT2D eigenvalue weighted by atomic mass is 32.2. The summed E-state index contributed by atoms with van der Waals surface area (Å²) in [6.07, 6.45) is 5.50. The lowest BCUT2D eigenvalue weighted by atomic mass is 10.1. The highest BCUT2D eigenvalue weighted by Crippen LogP contribution is 2.14. The van der Waals surface area contributed by atoms with Crippen molar-refractivity contribution in [1.29, 1.82) is 0 Å². The molecule has 1 aliphatic heterocycles. The second kappa shape index (κ2) is 6.62. The lowest BCUT2D eigenvalue weighted by molar-refractivity contribution is 0.193. The lowest BCUT2D eigenvalue weighted by Crippen LogP contribution is -2.50. The van der Waals surface area contributed by atoms with Crippen molar-refractivity contribution >= 4 is 10.2 Å². The van der Waals surface area contributed by atoms with E-state index in [0.29, 0.717) is 0 Å². The summed E-state index contributed by atoms with van der Waals surface area (Å²) in [6, 6.07) is 3.94. The zero-order valence-corrected chi connectivity index (χ0v) is 12.8. The summed E-state index contributed by atoms with van der Waals surface area (Å²) >= 11 is 0. The highest BCUT2D eigenvalue weighted by Gasteiger charge is 2.25. The van der Waals surface area contributed by atoms with E-state index in [4.69, 9.17) is 0 Å². The van der Waals surface area contributed by atoms with Gasteiger partial charge in [0.15, 0.2) is 0 Å². The van der Waals surface area contributed by atoms with E-state index < -0.39 is 10.2 Å². The van der Waals surface area contributed by atoms with Crippen LogP contribution in [0, 0.1) is 0 Å². The molecule has 1 atom stereocenters. The summed E-state index contributed by atoms with van der Waals surface area (Å²) in [5.41, 5.74) is 1.16. The van der Waals surface area contributed by atoms with Crippen LogP contribution in [0.2, 0.25) is 0 Å². The Hall–Kier alpha value is -1.02. The maximum atomic E-state index is 11.8. The molecule has 7 heteroatoms. The minimum atomic E-state index is -3.35. The molecule has 1 unspecified atom stereocenters. The van der Waals surface area contributed by atoms with Crippen molar-refractivity contribution in [2.24, 2.45) is 0 Å². The van der Waals surface area contributed by atoms with Crippen LogP contribution in [0.15, 0.2) is 24.5 Å². The summed E-state index contributed by atoms with van der Waals surface area (Å²) < 4.78 is 27.7. The van der Waals surface area contributed by atoms with Crippen molar-refractivity contribution in [2.45, 2.75) is 25.4 Å².